The first-order chi connectivity index (χ1) is 6.11. The van der Waals surface area contributed by atoms with E-state index in [9.17, 15) is 0 Å². The number of likely N-dealkylation sites (N-methyl/N-ethyl adjacent to an activating group) is 1. The van der Waals surface area contributed by atoms with Gasteiger partial charge < -0.3 is 5.32 Å². The molecule has 0 aliphatic heterocycles. The summed E-state index contributed by atoms with van der Waals surface area (Å²) >= 11 is 0. The van der Waals surface area contributed by atoms with Gasteiger partial charge in [-0.05, 0) is 33.9 Å². The molecule has 0 aromatic carbocycles. The van der Waals surface area contributed by atoms with Gasteiger partial charge in [-0.15, -0.1) is 0 Å². The highest BCUT2D eigenvalue weighted by atomic mass is 14.8. The summed E-state index contributed by atoms with van der Waals surface area (Å²) in [5.74, 6) is 0. The molecule has 0 saturated carbocycles. The van der Waals surface area contributed by atoms with Gasteiger partial charge in [-0.1, -0.05) is 17.7 Å². The van der Waals surface area contributed by atoms with Crippen molar-refractivity contribution in [3.63, 3.8) is 0 Å². The Morgan fingerprint density at radius 3 is 2.46 bits per heavy atom. The van der Waals surface area contributed by atoms with E-state index in [0.29, 0.717) is 6.04 Å². The number of nitrogens with one attached hydrogen (secondary N) is 1. The fourth-order valence-electron chi connectivity index (χ4n) is 0.786. The van der Waals surface area contributed by atoms with Gasteiger partial charge in [0.2, 0.25) is 0 Å². The van der Waals surface area contributed by atoms with Gasteiger partial charge >= 0.3 is 0 Å². The fraction of sp³-hybridized carbons (Fsp3) is 0.545. The zero-order chi connectivity index (χ0) is 10.3. The predicted octanol–water partition coefficient (Wildman–Crippen LogP) is 2.19. The van der Waals surface area contributed by atoms with E-state index in [1.54, 1.807) is 7.05 Å². The Labute approximate surface area is 81.5 Å². The van der Waals surface area contributed by atoms with Crippen molar-refractivity contribution in [1.82, 2.24) is 5.32 Å². The molecular weight excluding hydrogens is 160 g/mol. The number of rotatable bonds is 4. The Morgan fingerprint density at radius 2 is 2.00 bits per heavy atom. The maximum absolute atomic E-state index is 4.04. The molecule has 0 amide bonds. The number of hydrogen-bond acceptors (Lipinski definition) is 2. The van der Waals surface area contributed by atoms with E-state index < -0.39 is 0 Å². The quantitative estimate of drug-likeness (QED) is 0.520. The molecule has 0 saturated heterocycles. The molecule has 2 heteroatoms. The third kappa shape index (κ3) is 5.36. The van der Waals surface area contributed by atoms with E-state index in [1.807, 2.05) is 26.1 Å². The van der Waals surface area contributed by atoms with Crippen LogP contribution in [0.3, 0.4) is 0 Å². The van der Waals surface area contributed by atoms with Crippen molar-refractivity contribution >= 4 is 5.71 Å². The summed E-state index contributed by atoms with van der Waals surface area (Å²) in [7, 11) is 3.76. The second-order valence-electron chi connectivity index (χ2n) is 3.15. The highest BCUT2D eigenvalue weighted by Crippen LogP contribution is 1.99. The average Bonchev–Trinajstić information content (AvgIpc) is 2.15. The lowest BCUT2D eigenvalue weighted by Crippen LogP contribution is -2.21. The summed E-state index contributed by atoms with van der Waals surface area (Å²) in [5.41, 5.74) is 2.36. The van der Waals surface area contributed by atoms with Crippen molar-refractivity contribution in [2.75, 3.05) is 14.1 Å². The first-order valence-electron chi connectivity index (χ1n) is 4.57. The third-order valence-corrected chi connectivity index (χ3v) is 2.17. The van der Waals surface area contributed by atoms with Crippen molar-refractivity contribution in [3.05, 3.63) is 23.8 Å². The summed E-state index contributed by atoms with van der Waals surface area (Å²) in [6.45, 7) is 6.24. The lowest BCUT2D eigenvalue weighted by atomic mass is 10.1. The minimum absolute atomic E-state index is 0.434. The summed E-state index contributed by atoms with van der Waals surface area (Å²) < 4.78 is 0. The highest BCUT2D eigenvalue weighted by Gasteiger charge is 1.96. The smallest absolute Gasteiger partial charge is 0.0313 e. The summed E-state index contributed by atoms with van der Waals surface area (Å²) in [5, 5.41) is 3.18. The molecular formula is C11H20N2. The Morgan fingerprint density at radius 1 is 1.38 bits per heavy atom. The van der Waals surface area contributed by atoms with Gasteiger partial charge in [0, 0.05) is 18.8 Å². The summed E-state index contributed by atoms with van der Waals surface area (Å²) in [6, 6.07) is 0.434. The van der Waals surface area contributed by atoms with Crippen LogP contribution in [0.1, 0.15) is 20.8 Å². The molecule has 2 nitrogen and oxygen atoms in total. The molecule has 13 heavy (non-hydrogen) atoms. The van der Waals surface area contributed by atoms with Crippen LogP contribution in [0.25, 0.3) is 0 Å². The van der Waals surface area contributed by atoms with E-state index in [1.165, 1.54) is 5.57 Å². The molecule has 0 spiro atoms. The first kappa shape index (κ1) is 12.1. The van der Waals surface area contributed by atoms with Crippen LogP contribution < -0.4 is 5.32 Å². The normalized spacial score (nSPS) is 16.7. The molecule has 74 valence electrons. The fourth-order valence-corrected chi connectivity index (χ4v) is 0.786. The molecule has 0 rings (SSSR count). The Balaban J connectivity index is 4.18. The van der Waals surface area contributed by atoms with Gasteiger partial charge in [0.25, 0.3) is 0 Å². The minimum atomic E-state index is 0.434. The zero-order valence-corrected chi connectivity index (χ0v) is 9.26. The minimum Gasteiger partial charge on any atom is -0.314 e. The molecule has 1 atom stereocenters. The number of nitrogens with zero attached hydrogens (tertiary/aromatic N) is 1. The van der Waals surface area contributed by atoms with Crippen molar-refractivity contribution in [3.8, 4) is 0 Å². The molecule has 1 N–H and O–H groups in total. The first-order valence-corrected chi connectivity index (χ1v) is 4.57. The van der Waals surface area contributed by atoms with Gasteiger partial charge in [-0.25, -0.2) is 0 Å². The van der Waals surface area contributed by atoms with Crippen molar-refractivity contribution in [2.45, 2.75) is 26.8 Å². The average molecular weight is 180 g/mol. The Kier molecular flexibility index (Phi) is 6.15. The van der Waals surface area contributed by atoms with E-state index in [0.717, 1.165) is 5.71 Å². The SMILES string of the molecule is CN=C(C)/C=C\C=C(/C)C(C)NC. The van der Waals surface area contributed by atoms with E-state index in [4.69, 9.17) is 0 Å². The lowest BCUT2D eigenvalue weighted by molar-refractivity contribution is 0.692. The lowest BCUT2D eigenvalue weighted by Gasteiger charge is -2.08. The van der Waals surface area contributed by atoms with E-state index in [2.05, 4.69) is 30.2 Å². The van der Waals surface area contributed by atoms with E-state index >= 15 is 0 Å². The van der Waals surface area contributed by atoms with Gasteiger partial charge in [0.1, 0.15) is 0 Å². The monoisotopic (exact) mass is 180 g/mol. The molecule has 0 aromatic rings. The Bertz CT molecular complexity index is 224. The van der Waals surface area contributed by atoms with Crippen molar-refractivity contribution in [1.29, 1.82) is 0 Å². The van der Waals surface area contributed by atoms with Crippen LogP contribution in [-0.2, 0) is 0 Å². The number of hydrogen-bond donors (Lipinski definition) is 1. The van der Waals surface area contributed by atoms with Crippen LogP contribution in [0.5, 0.6) is 0 Å². The zero-order valence-electron chi connectivity index (χ0n) is 9.26. The molecule has 0 aromatic heterocycles. The summed E-state index contributed by atoms with van der Waals surface area (Å²) in [6.07, 6.45) is 6.15. The van der Waals surface area contributed by atoms with Crippen LogP contribution in [-0.4, -0.2) is 25.8 Å². The van der Waals surface area contributed by atoms with Gasteiger partial charge in [0.05, 0.1) is 0 Å². The van der Waals surface area contributed by atoms with Gasteiger partial charge in [0.15, 0.2) is 0 Å². The number of allylic oxidation sites excluding steroid dienone is 3. The van der Waals surface area contributed by atoms with Crippen LogP contribution in [0.15, 0.2) is 28.8 Å². The highest BCUT2D eigenvalue weighted by molar-refractivity contribution is 5.92. The molecule has 0 heterocycles. The molecule has 1 unspecified atom stereocenters. The van der Waals surface area contributed by atoms with E-state index in [-0.39, 0.29) is 0 Å². The van der Waals surface area contributed by atoms with Gasteiger partial charge in [-0.3, -0.25) is 4.99 Å². The molecule has 0 aliphatic carbocycles. The number of aliphatic imine (C=N–C) groups is 1. The topological polar surface area (TPSA) is 24.4 Å². The van der Waals surface area contributed by atoms with Crippen LogP contribution >= 0.6 is 0 Å². The third-order valence-electron chi connectivity index (χ3n) is 2.17. The maximum Gasteiger partial charge on any atom is 0.0313 e. The van der Waals surface area contributed by atoms with Crippen LogP contribution in [0.2, 0.25) is 0 Å². The second-order valence-corrected chi connectivity index (χ2v) is 3.15. The predicted molar refractivity (Wildman–Crippen MR) is 60.5 cm³/mol. The van der Waals surface area contributed by atoms with Crippen LogP contribution in [0.4, 0.5) is 0 Å². The van der Waals surface area contributed by atoms with Crippen molar-refractivity contribution < 1.29 is 0 Å². The standard InChI is InChI=1S/C11H20N2/c1-9(11(3)13-5)7-6-8-10(2)12-4/h6-8,11,13H,1-5H3/b8-6-,9-7+,12-10?. The maximum atomic E-state index is 4.04. The second kappa shape index (κ2) is 6.61. The molecule has 0 aliphatic rings. The van der Waals surface area contributed by atoms with Gasteiger partial charge in [-0.2, -0.15) is 0 Å². The largest absolute Gasteiger partial charge is 0.314 e. The molecule has 0 fully saturated rings. The van der Waals surface area contributed by atoms with Crippen LogP contribution in [0, 0.1) is 0 Å². The molecule has 0 radical (unpaired) electrons. The van der Waals surface area contributed by atoms with Crippen molar-refractivity contribution in [2.24, 2.45) is 4.99 Å². The summed E-state index contributed by atoms with van der Waals surface area (Å²) in [4.78, 5) is 4.04. The Hall–Kier alpha value is -0.890. The molecule has 0 bridgehead atoms.